The Morgan fingerprint density at radius 2 is 1.88 bits per heavy atom. The highest BCUT2D eigenvalue weighted by Gasteiger charge is 2.21. The zero-order valence-corrected chi connectivity index (χ0v) is 14.8. The maximum absolute atomic E-state index is 5.75. The second-order valence-corrected chi connectivity index (χ2v) is 6.14. The van der Waals surface area contributed by atoms with Crippen LogP contribution in [0.25, 0.3) is 11.7 Å². The van der Waals surface area contributed by atoms with Gasteiger partial charge in [-0.25, -0.2) is 0 Å². The molecule has 1 aromatic carbocycles. The fourth-order valence-electron chi connectivity index (χ4n) is 3.15. The van der Waals surface area contributed by atoms with Crippen molar-refractivity contribution in [1.29, 1.82) is 0 Å². The van der Waals surface area contributed by atoms with Crippen molar-refractivity contribution in [2.45, 2.75) is 13.5 Å². The molecular formula is C19H22N4O3. The van der Waals surface area contributed by atoms with Crippen LogP contribution in [0.2, 0.25) is 0 Å². The molecule has 3 heterocycles. The van der Waals surface area contributed by atoms with Crippen molar-refractivity contribution in [1.82, 2.24) is 15.1 Å². The summed E-state index contributed by atoms with van der Waals surface area (Å²) < 4.78 is 16.7. The van der Waals surface area contributed by atoms with E-state index < -0.39 is 0 Å². The molecule has 0 atom stereocenters. The van der Waals surface area contributed by atoms with Crippen LogP contribution in [-0.2, 0) is 6.54 Å². The van der Waals surface area contributed by atoms with Gasteiger partial charge in [0.25, 0.3) is 5.89 Å². The first kappa shape index (κ1) is 16.7. The molecule has 1 fully saturated rings. The normalized spacial score (nSPS) is 15.3. The molecule has 2 aromatic heterocycles. The molecule has 0 spiro atoms. The predicted molar refractivity (Wildman–Crippen MR) is 97.1 cm³/mol. The van der Waals surface area contributed by atoms with Gasteiger partial charge in [-0.2, -0.15) is 0 Å². The third-order valence-corrected chi connectivity index (χ3v) is 4.44. The van der Waals surface area contributed by atoms with Gasteiger partial charge in [0.05, 0.1) is 25.1 Å². The van der Waals surface area contributed by atoms with Gasteiger partial charge in [-0.05, 0) is 31.2 Å². The number of benzene rings is 1. The van der Waals surface area contributed by atoms with Crippen molar-refractivity contribution in [2.24, 2.45) is 0 Å². The summed E-state index contributed by atoms with van der Waals surface area (Å²) in [5, 5.41) is 8.18. The first-order chi connectivity index (χ1) is 12.8. The van der Waals surface area contributed by atoms with Gasteiger partial charge in [-0.3, -0.25) is 4.90 Å². The number of hydrogen-bond acceptors (Lipinski definition) is 7. The SMILES string of the molecule is CCOc1ccccc1N1CCN(Cc2nnc(-c3ccco3)o2)CC1. The molecule has 1 saturated heterocycles. The number of nitrogens with zero attached hydrogens (tertiary/aromatic N) is 4. The van der Waals surface area contributed by atoms with E-state index in [9.17, 15) is 0 Å². The van der Waals surface area contributed by atoms with E-state index in [1.807, 2.05) is 25.1 Å². The Kier molecular flexibility index (Phi) is 4.88. The fourth-order valence-corrected chi connectivity index (χ4v) is 3.15. The summed E-state index contributed by atoms with van der Waals surface area (Å²) in [4.78, 5) is 4.68. The molecule has 1 aliphatic rings. The summed E-state index contributed by atoms with van der Waals surface area (Å²) in [5.41, 5.74) is 1.16. The highest BCUT2D eigenvalue weighted by molar-refractivity contribution is 5.58. The Morgan fingerprint density at radius 1 is 1.04 bits per heavy atom. The molecule has 7 nitrogen and oxygen atoms in total. The molecule has 26 heavy (non-hydrogen) atoms. The number of hydrogen-bond donors (Lipinski definition) is 0. The van der Waals surface area contributed by atoms with Crippen LogP contribution in [0.5, 0.6) is 5.75 Å². The third kappa shape index (κ3) is 3.57. The lowest BCUT2D eigenvalue weighted by Crippen LogP contribution is -2.46. The summed E-state index contributed by atoms with van der Waals surface area (Å²) >= 11 is 0. The molecule has 0 aliphatic carbocycles. The van der Waals surface area contributed by atoms with Gasteiger partial charge in [0.2, 0.25) is 5.89 Å². The van der Waals surface area contributed by atoms with Gasteiger partial charge in [0, 0.05) is 26.2 Å². The minimum Gasteiger partial charge on any atom is -0.492 e. The third-order valence-electron chi connectivity index (χ3n) is 4.44. The summed E-state index contributed by atoms with van der Waals surface area (Å²) in [6.07, 6.45) is 1.60. The summed E-state index contributed by atoms with van der Waals surface area (Å²) in [5.74, 6) is 2.58. The lowest BCUT2D eigenvalue weighted by atomic mass is 10.2. The Hall–Kier alpha value is -2.80. The number of rotatable bonds is 6. The summed E-state index contributed by atoms with van der Waals surface area (Å²) in [6.45, 7) is 7.06. The van der Waals surface area contributed by atoms with Crippen molar-refractivity contribution in [3.05, 3.63) is 48.6 Å². The van der Waals surface area contributed by atoms with Crippen molar-refractivity contribution in [3.63, 3.8) is 0 Å². The van der Waals surface area contributed by atoms with Crippen LogP contribution in [-0.4, -0.2) is 47.9 Å². The molecular weight excluding hydrogens is 332 g/mol. The van der Waals surface area contributed by atoms with E-state index in [0.717, 1.165) is 37.6 Å². The second kappa shape index (κ2) is 7.61. The highest BCUT2D eigenvalue weighted by Crippen LogP contribution is 2.29. The molecule has 136 valence electrons. The average Bonchev–Trinajstić information content (AvgIpc) is 3.35. The van der Waals surface area contributed by atoms with E-state index in [0.29, 0.717) is 30.7 Å². The molecule has 0 amide bonds. The maximum Gasteiger partial charge on any atom is 0.283 e. The number of para-hydroxylation sites is 2. The molecule has 1 aliphatic heterocycles. The van der Waals surface area contributed by atoms with Crippen molar-refractivity contribution in [2.75, 3.05) is 37.7 Å². The van der Waals surface area contributed by atoms with Gasteiger partial charge >= 0.3 is 0 Å². The molecule has 0 radical (unpaired) electrons. The predicted octanol–water partition coefficient (Wildman–Crippen LogP) is 3.05. The van der Waals surface area contributed by atoms with E-state index in [2.05, 4.69) is 32.1 Å². The van der Waals surface area contributed by atoms with E-state index in [1.165, 1.54) is 0 Å². The minimum absolute atomic E-state index is 0.425. The van der Waals surface area contributed by atoms with Crippen molar-refractivity contribution >= 4 is 5.69 Å². The average molecular weight is 354 g/mol. The first-order valence-corrected chi connectivity index (χ1v) is 8.89. The largest absolute Gasteiger partial charge is 0.492 e. The molecule has 3 aromatic rings. The standard InChI is InChI=1S/C19H22N4O3/c1-2-24-16-7-4-3-6-15(16)23-11-9-22(10-12-23)14-18-20-21-19(26-18)17-8-5-13-25-17/h3-8,13H,2,9-12,14H2,1H3. The Balaban J connectivity index is 1.36. The van der Waals surface area contributed by atoms with Gasteiger partial charge < -0.3 is 18.5 Å². The van der Waals surface area contributed by atoms with Crippen LogP contribution in [0.4, 0.5) is 5.69 Å². The molecule has 7 heteroatoms. The maximum atomic E-state index is 5.75. The van der Waals surface area contributed by atoms with Crippen LogP contribution in [0.3, 0.4) is 0 Å². The number of aromatic nitrogens is 2. The molecule has 0 saturated carbocycles. The Bertz CT molecular complexity index is 823. The molecule has 0 bridgehead atoms. The van der Waals surface area contributed by atoms with Gasteiger partial charge in [0.15, 0.2) is 5.76 Å². The van der Waals surface area contributed by atoms with Crippen LogP contribution in [0.15, 0.2) is 51.5 Å². The van der Waals surface area contributed by atoms with Gasteiger partial charge in [0.1, 0.15) is 5.75 Å². The van der Waals surface area contributed by atoms with E-state index >= 15 is 0 Å². The number of ether oxygens (including phenoxy) is 1. The summed E-state index contributed by atoms with van der Waals surface area (Å²) in [7, 11) is 0. The van der Waals surface area contributed by atoms with Crippen LogP contribution >= 0.6 is 0 Å². The van der Waals surface area contributed by atoms with E-state index in [4.69, 9.17) is 13.6 Å². The molecule has 0 N–H and O–H groups in total. The van der Waals surface area contributed by atoms with Crippen molar-refractivity contribution in [3.8, 4) is 17.4 Å². The van der Waals surface area contributed by atoms with E-state index in [1.54, 1.807) is 12.3 Å². The Morgan fingerprint density at radius 3 is 2.65 bits per heavy atom. The van der Waals surface area contributed by atoms with Crippen molar-refractivity contribution < 1.29 is 13.6 Å². The minimum atomic E-state index is 0.425. The monoisotopic (exact) mass is 354 g/mol. The zero-order chi connectivity index (χ0) is 17.8. The van der Waals surface area contributed by atoms with Crippen LogP contribution in [0, 0.1) is 0 Å². The number of anilines is 1. The smallest absolute Gasteiger partial charge is 0.283 e. The highest BCUT2D eigenvalue weighted by atomic mass is 16.5. The quantitative estimate of drug-likeness (QED) is 0.674. The van der Waals surface area contributed by atoms with Gasteiger partial charge in [-0.15, -0.1) is 10.2 Å². The van der Waals surface area contributed by atoms with E-state index in [-0.39, 0.29) is 0 Å². The van der Waals surface area contributed by atoms with Crippen LogP contribution in [0.1, 0.15) is 12.8 Å². The number of piperazine rings is 1. The number of furan rings is 1. The van der Waals surface area contributed by atoms with Gasteiger partial charge in [-0.1, -0.05) is 12.1 Å². The molecule has 4 rings (SSSR count). The Labute approximate surface area is 152 Å². The fraction of sp³-hybridized carbons (Fsp3) is 0.368. The topological polar surface area (TPSA) is 67.8 Å². The lowest BCUT2D eigenvalue weighted by Gasteiger charge is -2.36. The van der Waals surface area contributed by atoms with Crippen LogP contribution < -0.4 is 9.64 Å². The zero-order valence-electron chi connectivity index (χ0n) is 14.8. The lowest BCUT2D eigenvalue weighted by molar-refractivity contribution is 0.226. The summed E-state index contributed by atoms with van der Waals surface area (Å²) in [6, 6.07) is 11.8. The second-order valence-electron chi connectivity index (χ2n) is 6.14. The first-order valence-electron chi connectivity index (χ1n) is 8.89. The molecule has 0 unspecified atom stereocenters.